The second kappa shape index (κ2) is 8.19. The first kappa shape index (κ1) is 21.7. The van der Waals surface area contributed by atoms with Crippen molar-refractivity contribution in [2.75, 3.05) is 24.5 Å². The average Bonchev–Trinajstić information content (AvgIpc) is 3.03. The number of rotatable bonds is 3. The van der Waals surface area contributed by atoms with Gasteiger partial charge >= 0.3 is 6.18 Å². The number of benzene rings is 1. The minimum atomic E-state index is -4.39. The lowest BCUT2D eigenvalue weighted by Crippen LogP contribution is -2.34. The van der Waals surface area contributed by atoms with Gasteiger partial charge in [-0.05, 0) is 72.4 Å². The number of aromatic nitrogens is 2. The molecule has 0 saturated carbocycles. The Balaban J connectivity index is 1.78. The first-order valence-electron chi connectivity index (χ1n) is 10.1. The second-order valence-electron chi connectivity index (χ2n) is 8.10. The summed E-state index contributed by atoms with van der Waals surface area (Å²) in [5, 5.41) is 1.01. The van der Waals surface area contributed by atoms with Crippen LogP contribution in [0.2, 0.25) is 0 Å². The van der Waals surface area contributed by atoms with Gasteiger partial charge in [-0.2, -0.15) is 13.2 Å². The molecular weight excluding hydrogens is 469 g/mol. The molecule has 1 aliphatic heterocycles. The minimum absolute atomic E-state index is 0.365. The first-order chi connectivity index (χ1) is 14.7. The molecule has 1 aromatic carbocycles. The van der Waals surface area contributed by atoms with Gasteiger partial charge < -0.3 is 9.74 Å². The highest BCUT2D eigenvalue weighted by atomic mass is 79.9. The lowest BCUT2D eigenvalue weighted by atomic mass is 9.96. The third-order valence-electron chi connectivity index (χ3n) is 5.89. The normalized spacial score (nSPS) is 15.5. The van der Waals surface area contributed by atoms with Gasteiger partial charge in [0.2, 0.25) is 6.54 Å². The molecule has 1 saturated heterocycles. The molecule has 0 aliphatic carbocycles. The van der Waals surface area contributed by atoms with E-state index in [9.17, 15) is 13.2 Å². The van der Waals surface area contributed by atoms with E-state index < -0.39 is 11.7 Å². The van der Waals surface area contributed by atoms with Crippen molar-refractivity contribution in [3.05, 3.63) is 63.2 Å². The number of alkyl halides is 3. The van der Waals surface area contributed by atoms with E-state index in [0.717, 1.165) is 66.0 Å². The summed E-state index contributed by atoms with van der Waals surface area (Å²) >= 11 is 3.32. The van der Waals surface area contributed by atoms with Crippen LogP contribution in [0.3, 0.4) is 0 Å². The van der Waals surface area contributed by atoms with Crippen LogP contribution >= 0.6 is 15.9 Å². The number of piperidine rings is 1. The van der Waals surface area contributed by atoms with Gasteiger partial charge in [0.05, 0.1) is 11.3 Å². The molecular formula is C23H22BrF3N4. The molecule has 4 rings (SSSR count). The van der Waals surface area contributed by atoms with E-state index in [0.29, 0.717) is 22.6 Å². The summed E-state index contributed by atoms with van der Waals surface area (Å²) < 4.78 is 41.5. The molecule has 31 heavy (non-hydrogen) atoms. The Bertz CT molecular complexity index is 1170. The molecule has 8 heteroatoms. The largest absolute Gasteiger partial charge is 0.416 e. The fourth-order valence-electron chi connectivity index (χ4n) is 4.31. The van der Waals surface area contributed by atoms with Gasteiger partial charge in [-0.3, -0.25) is 4.57 Å². The van der Waals surface area contributed by atoms with Crippen molar-refractivity contribution in [3.8, 4) is 5.69 Å². The molecule has 0 atom stereocenters. The number of hydrogen-bond donors (Lipinski definition) is 0. The van der Waals surface area contributed by atoms with Crippen molar-refractivity contribution in [1.29, 1.82) is 0 Å². The highest BCUT2D eigenvalue weighted by Crippen LogP contribution is 2.38. The van der Waals surface area contributed by atoms with Gasteiger partial charge in [0, 0.05) is 46.4 Å². The van der Waals surface area contributed by atoms with Crippen LogP contribution in [0.1, 0.15) is 29.7 Å². The Hall–Kier alpha value is -2.53. The van der Waals surface area contributed by atoms with Crippen LogP contribution in [-0.4, -0.2) is 29.2 Å². The predicted octanol–water partition coefficient (Wildman–Crippen LogP) is 6.56. The van der Waals surface area contributed by atoms with Crippen molar-refractivity contribution in [2.24, 2.45) is 5.92 Å². The minimum Gasteiger partial charge on any atom is -0.371 e. The van der Waals surface area contributed by atoms with Crippen molar-refractivity contribution in [2.45, 2.75) is 32.9 Å². The molecule has 2 aromatic heterocycles. The molecule has 0 radical (unpaired) electrons. The van der Waals surface area contributed by atoms with E-state index >= 15 is 0 Å². The summed E-state index contributed by atoms with van der Waals surface area (Å²) in [5.41, 5.74) is 3.63. The van der Waals surface area contributed by atoms with E-state index in [1.165, 1.54) is 6.07 Å². The number of pyridine rings is 1. The molecule has 0 bridgehead atoms. The standard InChI is InChI=1S/C23H22BrF3N4/c1-14-13-31(19-5-4-17(11-18(19)24)23(25,26)27)22-21(14)20(10-15(2)29-22)30-8-6-16(7-9-30)12-28-3/h4-5,10-11,13,16H,6-9,12H2,1-2H3. The van der Waals surface area contributed by atoms with Crippen LogP contribution in [0.5, 0.6) is 0 Å². The second-order valence-corrected chi connectivity index (χ2v) is 8.95. The SMILES string of the molecule is [C-]#[N+]CC1CCN(c2cc(C)nc3c2c(C)cn3-c2ccc(C(F)(F)F)cc2Br)CC1. The number of anilines is 1. The van der Waals surface area contributed by atoms with E-state index in [1.807, 2.05) is 24.6 Å². The molecule has 0 spiro atoms. The molecule has 3 aromatic rings. The highest BCUT2D eigenvalue weighted by molar-refractivity contribution is 9.10. The van der Waals surface area contributed by atoms with Crippen LogP contribution in [0.4, 0.5) is 18.9 Å². The van der Waals surface area contributed by atoms with Crippen LogP contribution in [0.15, 0.2) is 34.9 Å². The summed E-state index contributed by atoms with van der Waals surface area (Å²) in [4.78, 5) is 10.6. The maximum absolute atomic E-state index is 13.1. The van der Waals surface area contributed by atoms with Crippen molar-refractivity contribution >= 4 is 32.7 Å². The van der Waals surface area contributed by atoms with Gasteiger partial charge in [0.15, 0.2) is 0 Å². The fraction of sp³-hybridized carbons (Fsp3) is 0.391. The third kappa shape index (κ3) is 4.16. The molecule has 0 N–H and O–H groups in total. The molecule has 4 nitrogen and oxygen atoms in total. The van der Waals surface area contributed by atoms with Crippen LogP contribution in [0.25, 0.3) is 21.6 Å². The zero-order valence-electron chi connectivity index (χ0n) is 17.3. The Kier molecular flexibility index (Phi) is 5.73. The van der Waals surface area contributed by atoms with Crippen molar-refractivity contribution in [1.82, 2.24) is 9.55 Å². The topological polar surface area (TPSA) is 25.4 Å². The van der Waals surface area contributed by atoms with Crippen molar-refractivity contribution in [3.63, 3.8) is 0 Å². The summed E-state index contributed by atoms with van der Waals surface area (Å²) in [5.74, 6) is 0.445. The van der Waals surface area contributed by atoms with Gasteiger partial charge in [0.25, 0.3) is 0 Å². The number of fused-ring (bicyclic) bond motifs is 1. The van der Waals surface area contributed by atoms with Gasteiger partial charge in [-0.25, -0.2) is 11.6 Å². The number of aryl methyl sites for hydroxylation is 2. The van der Waals surface area contributed by atoms with Crippen LogP contribution in [0, 0.1) is 26.3 Å². The fourth-order valence-corrected chi connectivity index (χ4v) is 4.88. The molecule has 3 heterocycles. The smallest absolute Gasteiger partial charge is 0.371 e. The van der Waals surface area contributed by atoms with Gasteiger partial charge in [-0.15, -0.1) is 0 Å². The van der Waals surface area contributed by atoms with Gasteiger partial charge in [0.1, 0.15) is 5.65 Å². The summed E-state index contributed by atoms with van der Waals surface area (Å²) in [6, 6.07) is 5.76. The Morgan fingerprint density at radius 1 is 1.16 bits per heavy atom. The number of halogens is 4. The average molecular weight is 491 g/mol. The number of hydrogen-bond acceptors (Lipinski definition) is 2. The third-order valence-corrected chi connectivity index (χ3v) is 6.53. The van der Waals surface area contributed by atoms with E-state index in [4.69, 9.17) is 11.6 Å². The van der Waals surface area contributed by atoms with Crippen LogP contribution in [-0.2, 0) is 6.18 Å². The van der Waals surface area contributed by atoms with Crippen molar-refractivity contribution < 1.29 is 13.2 Å². The van der Waals surface area contributed by atoms with Crippen LogP contribution < -0.4 is 4.90 Å². The van der Waals surface area contributed by atoms with E-state index in [2.05, 4.69) is 31.7 Å². The monoisotopic (exact) mass is 490 g/mol. The predicted molar refractivity (Wildman–Crippen MR) is 120 cm³/mol. The Labute approximate surface area is 187 Å². The molecule has 0 unspecified atom stereocenters. The quantitative estimate of drug-likeness (QED) is 0.388. The maximum Gasteiger partial charge on any atom is 0.416 e. The summed E-state index contributed by atoms with van der Waals surface area (Å²) in [6.07, 6.45) is -0.498. The highest BCUT2D eigenvalue weighted by Gasteiger charge is 2.31. The lowest BCUT2D eigenvalue weighted by molar-refractivity contribution is -0.137. The lowest BCUT2D eigenvalue weighted by Gasteiger charge is -2.32. The maximum atomic E-state index is 13.1. The Morgan fingerprint density at radius 2 is 1.87 bits per heavy atom. The zero-order chi connectivity index (χ0) is 22.3. The van der Waals surface area contributed by atoms with E-state index in [1.54, 1.807) is 0 Å². The number of nitrogens with zero attached hydrogens (tertiary/aromatic N) is 4. The molecule has 162 valence electrons. The molecule has 0 amide bonds. The van der Waals surface area contributed by atoms with E-state index in [-0.39, 0.29) is 0 Å². The zero-order valence-corrected chi connectivity index (χ0v) is 18.9. The first-order valence-corrected chi connectivity index (χ1v) is 10.9. The molecule has 1 aliphatic rings. The molecule has 1 fully saturated rings. The summed E-state index contributed by atoms with van der Waals surface area (Å²) in [6.45, 7) is 13.4. The summed E-state index contributed by atoms with van der Waals surface area (Å²) in [7, 11) is 0. The Morgan fingerprint density at radius 3 is 2.48 bits per heavy atom. The van der Waals surface area contributed by atoms with Gasteiger partial charge in [-0.1, -0.05) is 0 Å².